The third kappa shape index (κ3) is 15.6. The van der Waals surface area contributed by atoms with E-state index in [9.17, 15) is 43.2 Å². The largest absolute Gasteiger partial charge is 0.478 e. The summed E-state index contributed by atoms with van der Waals surface area (Å²) in [6.07, 6.45) is 0. The van der Waals surface area contributed by atoms with Crippen LogP contribution >= 0.6 is 138 Å². The molecule has 76 heavy (non-hydrogen) atoms. The zero-order valence-corrected chi connectivity index (χ0v) is 49.7. The van der Waals surface area contributed by atoms with Crippen molar-refractivity contribution in [3.8, 4) is 0 Å². The maximum atomic E-state index is 11.6. The molecule has 8 aromatic rings. The van der Waals surface area contributed by atoms with Gasteiger partial charge in [-0.25, -0.2) is 34.5 Å². The summed E-state index contributed by atoms with van der Waals surface area (Å²) in [5.41, 5.74) is -0.614. The molecular weight excluding hydrogens is 1440 g/mol. The zero-order valence-electron chi connectivity index (χ0n) is 38.0. The maximum Gasteiger partial charge on any atom is 0.377 e. The summed E-state index contributed by atoms with van der Waals surface area (Å²) in [5, 5.41) is 55.8. The molecule has 0 aliphatic rings. The zero-order chi connectivity index (χ0) is 57.2. The van der Waals surface area contributed by atoms with Gasteiger partial charge in [0.25, 0.3) is 22.5 Å². The lowest BCUT2D eigenvalue weighted by atomic mass is 10.0. The molecule has 0 saturated heterocycles. The number of aliphatic carboxylic acids is 1. The third-order valence-electron chi connectivity index (χ3n) is 9.63. The summed E-state index contributed by atoms with van der Waals surface area (Å²) in [5.74, 6) is -6.34. The fraction of sp³-hybridized carbons (Fsp3) is 0.0870. The first-order valence-electron chi connectivity index (χ1n) is 20.0. The van der Waals surface area contributed by atoms with Crippen molar-refractivity contribution in [3.05, 3.63) is 179 Å². The van der Waals surface area contributed by atoms with E-state index in [1.807, 2.05) is 6.92 Å². The smallest absolute Gasteiger partial charge is 0.377 e. The standard InChI is InChI=1S/C10H6BrClN2O3.C9H4BrClN2O3.C9H6BrClN2O2.C9H4BrClO5.C9H8BrClO/c1-17-10(16)8-5-2-4(11)3-6(12)7(5)9(15)14-13-8;10-3-1-4-6(5(11)2-3)8(14)13-12-7(4)9(15)16;10-4-1-5-7(3-14)12-13-9(15)8(5)6(11)2-4;10-3-1-4(7(12)9(15)16)6(8(13)14)5(11)2-3;1-5-8(6(2)12)3-7(10)4-9(5)11/h2-3H,1H3,(H,14,15);1-2H,(H,13,14)(H,15,16);1-2,14H,3H2,(H,13,15);1-2H,(H,13,14)(H,15,16);3-4H,1-2H3. The highest BCUT2D eigenvalue weighted by molar-refractivity contribution is 9.11. The van der Waals surface area contributed by atoms with Crippen LogP contribution in [0.15, 0.2) is 97.4 Å². The Morgan fingerprint density at radius 3 is 1.34 bits per heavy atom. The number of hydrogen-bond donors (Lipinski definition) is 7. The highest BCUT2D eigenvalue weighted by Gasteiger charge is 2.25. The number of aliphatic hydroxyl groups excluding tert-OH is 1. The van der Waals surface area contributed by atoms with E-state index in [2.05, 4.69) is 115 Å². The van der Waals surface area contributed by atoms with Crippen LogP contribution < -0.4 is 16.7 Å². The van der Waals surface area contributed by atoms with E-state index < -0.39 is 51.9 Å². The predicted molar refractivity (Wildman–Crippen MR) is 301 cm³/mol. The van der Waals surface area contributed by atoms with Gasteiger partial charge >= 0.3 is 23.9 Å². The molecule has 0 saturated carbocycles. The second-order valence-corrected chi connectivity index (χ2v) is 21.2. The lowest BCUT2D eigenvalue weighted by Crippen LogP contribution is -2.17. The number of nitrogens with one attached hydrogen (secondary N) is 3. The molecule has 5 aromatic carbocycles. The van der Waals surface area contributed by atoms with Crippen LogP contribution in [-0.2, 0) is 16.1 Å². The van der Waals surface area contributed by atoms with Gasteiger partial charge in [0.2, 0.25) is 0 Å². The Kier molecular flexibility index (Phi) is 23.0. The molecule has 0 amide bonds. The monoisotopic (exact) mass is 1460 g/mol. The molecule has 396 valence electrons. The molecule has 3 aromatic heterocycles. The number of rotatable bonds is 7. The first kappa shape index (κ1) is 63.1. The maximum absolute atomic E-state index is 11.6. The third-order valence-corrected chi connectivity index (χ3v) is 13.5. The van der Waals surface area contributed by atoms with Crippen molar-refractivity contribution in [2.45, 2.75) is 20.5 Å². The number of carbonyl (C=O) groups is 6. The van der Waals surface area contributed by atoms with Crippen LogP contribution in [0.4, 0.5) is 0 Å². The van der Waals surface area contributed by atoms with Gasteiger partial charge < -0.3 is 25.2 Å². The van der Waals surface area contributed by atoms with Gasteiger partial charge in [0.05, 0.1) is 61.2 Å². The Hall–Kier alpha value is -5.45. The molecular formula is C46H28Br5Cl5N6O14. The van der Waals surface area contributed by atoms with Crippen LogP contribution in [-0.4, -0.2) is 93.6 Å². The number of fused-ring (bicyclic) bond motifs is 3. The number of ether oxygens (including phenoxy) is 1. The molecule has 0 fully saturated rings. The number of aliphatic hydroxyl groups is 1. The number of aromatic carboxylic acids is 2. The second-order valence-electron chi connectivity index (χ2n) is 14.6. The van der Waals surface area contributed by atoms with Crippen molar-refractivity contribution in [1.29, 1.82) is 0 Å². The number of H-pyrrole nitrogens is 3. The van der Waals surface area contributed by atoms with Crippen LogP contribution in [0.5, 0.6) is 0 Å². The van der Waals surface area contributed by atoms with Crippen molar-refractivity contribution in [2.24, 2.45) is 0 Å². The topological polar surface area (TPSA) is 330 Å². The Labute approximate surface area is 491 Å². The lowest BCUT2D eigenvalue weighted by molar-refractivity contribution is -0.131. The number of hydrogen-bond acceptors (Lipinski definition) is 14. The number of carboxylic acid groups (broad SMARTS) is 3. The van der Waals surface area contributed by atoms with Crippen molar-refractivity contribution < 1.29 is 53.9 Å². The van der Waals surface area contributed by atoms with Crippen LogP contribution in [0, 0.1) is 6.92 Å². The van der Waals surface area contributed by atoms with Gasteiger partial charge in [-0.2, -0.15) is 15.3 Å². The van der Waals surface area contributed by atoms with Gasteiger partial charge in [0.15, 0.2) is 17.2 Å². The van der Waals surface area contributed by atoms with Crippen molar-refractivity contribution in [3.63, 3.8) is 0 Å². The molecule has 0 bridgehead atoms. The lowest BCUT2D eigenvalue weighted by Gasteiger charge is -2.05. The SMILES string of the molecule is CC(=O)c1cc(Br)cc(Cl)c1C.COC(=O)c1n[nH]c(=O)c2c(Cl)cc(Br)cc12.O=C(O)C(=O)c1cc(Br)cc(Cl)c1C(=O)O.O=C(O)c1n[nH]c(=O)c2c(Cl)cc(Br)cc12.O=c1[nH]nc(CO)c2cc(Br)cc(Cl)c12. The van der Waals surface area contributed by atoms with E-state index in [4.69, 9.17) is 78.4 Å². The van der Waals surface area contributed by atoms with Gasteiger partial charge in [0, 0.05) is 54.7 Å². The van der Waals surface area contributed by atoms with Gasteiger partial charge in [-0.05, 0) is 80.1 Å². The summed E-state index contributed by atoms with van der Waals surface area (Å²) >= 11 is 45.2. The van der Waals surface area contributed by atoms with Gasteiger partial charge in [-0.1, -0.05) is 138 Å². The minimum absolute atomic E-state index is 0.0188. The highest BCUT2D eigenvalue weighted by atomic mass is 79.9. The van der Waals surface area contributed by atoms with Gasteiger partial charge in [-0.3, -0.25) is 24.0 Å². The number of aromatic nitrogens is 6. The van der Waals surface area contributed by atoms with Gasteiger partial charge in [0.1, 0.15) is 0 Å². The van der Waals surface area contributed by atoms with Crippen molar-refractivity contribution in [1.82, 2.24) is 30.6 Å². The van der Waals surface area contributed by atoms with Crippen LogP contribution in [0.1, 0.15) is 70.2 Å². The Bertz CT molecular complexity index is 3880. The number of esters is 1. The van der Waals surface area contributed by atoms with Crippen LogP contribution in [0.25, 0.3) is 32.3 Å². The van der Waals surface area contributed by atoms with E-state index in [1.54, 1.807) is 36.4 Å². The molecule has 0 aliphatic heterocycles. The number of carbonyl (C=O) groups excluding carboxylic acids is 3. The number of nitrogens with zero attached hydrogens (tertiary/aromatic N) is 3. The molecule has 0 unspecified atom stereocenters. The van der Waals surface area contributed by atoms with E-state index >= 15 is 0 Å². The summed E-state index contributed by atoms with van der Waals surface area (Å²) in [6, 6.07) is 15.4. The van der Waals surface area contributed by atoms with Crippen molar-refractivity contribution >= 4 is 205 Å². The molecule has 7 N–H and O–H groups in total. The fourth-order valence-electron chi connectivity index (χ4n) is 6.33. The number of aromatic amines is 3. The molecule has 0 atom stereocenters. The molecule has 3 heterocycles. The summed E-state index contributed by atoms with van der Waals surface area (Å²) in [4.78, 5) is 101. The molecule has 0 spiro atoms. The molecule has 8 rings (SSSR count). The first-order chi connectivity index (χ1) is 35.5. The Morgan fingerprint density at radius 2 is 0.921 bits per heavy atom. The highest BCUT2D eigenvalue weighted by Crippen LogP contribution is 2.31. The number of ketones is 2. The number of halogens is 10. The second kappa shape index (κ2) is 27.7. The molecule has 20 nitrogen and oxygen atoms in total. The predicted octanol–water partition coefficient (Wildman–Crippen LogP) is 11.7. The normalized spacial score (nSPS) is 10.4. The van der Waals surface area contributed by atoms with E-state index in [0.717, 1.165) is 20.6 Å². The molecule has 30 heteroatoms. The number of Topliss-reactive ketones (excluding diaryl/α,β-unsaturated/α-hetero) is 2. The average molecular weight is 1470 g/mol. The van der Waals surface area contributed by atoms with E-state index in [0.29, 0.717) is 50.9 Å². The number of methoxy groups -OCH3 is 1. The quantitative estimate of drug-likeness (QED) is 0.0443. The average Bonchev–Trinajstić information content (AvgIpc) is 3.32. The number of carboxylic acids is 3. The molecule has 0 radical (unpaired) electrons. The summed E-state index contributed by atoms with van der Waals surface area (Å²) < 4.78 is 7.71. The minimum atomic E-state index is -1.74. The van der Waals surface area contributed by atoms with Gasteiger partial charge in [-0.15, -0.1) is 0 Å². The van der Waals surface area contributed by atoms with Crippen molar-refractivity contribution in [2.75, 3.05) is 7.11 Å². The Balaban J connectivity index is 0.000000206. The fourth-order valence-corrected chi connectivity index (χ4v) is 10.7. The molecule has 0 aliphatic carbocycles. The first-order valence-corrected chi connectivity index (χ1v) is 25.9. The number of benzene rings is 5. The van der Waals surface area contributed by atoms with E-state index in [-0.39, 0.29) is 60.6 Å². The summed E-state index contributed by atoms with van der Waals surface area (Å²) in [6.45, 7) is 3.12. The summed E-state index contributed by atoms with van der Waals surface area (Å²) in [7, 11) is 1.24. The van der Waals surface area contributed by atoms with Crippen LogP contribution in [0.3, 0.4) is 0 Å². The minimum Gasteiger partial charge on any atom is -0.478 e. The van der Waals surface area contributed by atoms with E-state index in [1.165, 1.54) is 32.2 Å². The van der Waals surface area contributed by atoms with Crippen LogP contribution in [0.2, 0.25) is 25.1 Å². The Morgan fingerprint density at radius 1 is 0.539 bits per heavy atom.